The first-order valence-corrected chi connectivity index (χ1v) is 9.06. The molecule has 1 saturated heterocycles. The molecule has 7 heteroatoms. The second kappa shape index (κ2) is 8.21. The van der Waals surface area contributed by atoms with Gasteiger partial charge in [-0.15, -0.1) is 0 Å². The number of hydrogen-bond acceptors (Lipinski definition) is 5. The fourth-order valence-electron chi connectivity index (χ4n) is 3.08. The van der Waals surface area contributed by atoms with Gasteiger partial charge in [0.05, 0.1) is 6.54 Å². The summed E-state index contributed by atoms with van der Waals surface area (Å²) in [5, 5.41) is 11.4. The quantitative estimate of drug-likeness (QED) is 0.832. The molecule has 6 nitrogen and oxygen atoms in total. The van der Waals surface area contributed by atoms with Gasteiger partial charge in [0.1, 0.15) is 12.7 Å². The molecule has 1 aliphatic heterocycles. The van der Waals surface area contributed by atoms with Crippen LogP contribution in [-0.2, 0) is 17.8 Å². The average Bonchev–Trinajstić information content (AvgIpc) is 3.21. The molecule has 0 aliphatic carbocycles. The monoisotopic (exact) mass is 333 g/mol. The molecule has 0 spiro atoms. The van der Waals surface area contributed by atoms with Crippen LogP contribution >= 0.6 is 11.3 Å². The van der Waals surface area contributed by atoms with Crippen molar-refractivity contribution < 1.29 is 4.79 Å². The maximum atomic E-state index is 12.1. The molecule has 1 N–H and O–H groups in total. The smallest absolute Gasteiger partial charge is 0.234 e. The molecule has 0 bridgehead atoms. The second-order valence-corrected chi connectivity index (χ2v) is 6.87. The summed E-state index contributed by atoms with van der Waals surface area (Å²) in [7, 11) is 0. The van der Waals surface area contributed by atoms with E-state index in [1.807, 2.05) is 4.68 Å². The molecule has 0 radical (unpaired) electrons. The number of carbonyl (C=O) groups excluding carboxylic acids is 1. The molecule has 2 aromatic rings. The Hall–Kier alpha value is -1.73. The predicted octanol–water partition coefficient (Wildman–Crippen LogP) is 1.41. The van der Waals surface area contributed by atoms with Crippen LogP contribution in [-0.4, -0.2) is 51.8 Å². The summed E-state index contributed by atoms with van der Waals surface area (Å²) in [5.41, 5.74) is 1.29. The third kappa shape index (κ3) is 5.14. The van der Waals surface area contributed by atoms with Gasteiger partial charge in [0.25, 0.3) is 0 Å². The highest BCUT2D eigenvalue weighted by Crippen LogP contribution is 2.17. The maximum absolute atomic E-state index is 12.1. The van der Waals surface area contributed by atoms with E-state index >= 15 is 0 Å². The minimum Gasteiger partial charge on any atom is -0.355 e. The van der Waals surface area contributed by atoms with Crippen molar-refractivity contribution >= 4 is 17.2 Å². The Morgan fingerprint density at radius 2 is 2.43 bits per heavy atom. The molecule has 0 saturated carbocycles. The van der Waals surface area contributed by atoms with E-state index in [0.29, 0.717) is 19.0 Å². The van der Waals surface area contributed by atoms with Crippen LogP contribution in [0.15, 0.2) is 29.5 Å². The summed E-state index contributed by atoms with van der Waals surface area (Å²) in [6.07, 6.45) is 6.57. The van der Waals surface area contributed by atoms with Crippen LogP contribution in [0.3, 0.4) is 0 Å². The van der Waals surface area contributed by atoms with Gasteiger partial charge in [0, 0.05) is 19.6 Å². The van der Waals surface area contributed by atoms with Gasteiger partial charge in [-0.3, -0.25) is 14.4 Å². The number of amides is 1. The summed E-state index contributed by atoms with van der Waals surface area (Å²) in [5.74, 6) is 0.672. The van der Waals surface area contributed by atoms with E-state index in [9.17, 15) is 4.79 Å². The molecule has 3 rings (SSSR count). The van der Waals surface area contributed by atoms with Gasteiger partial charge in [-0.25, -0.2) is 4.98 Å². The van der Waals surface area contributed by atoms with Crippen molar-refractivity contribution in [2.75, 3.05) is 26.2 Å². The van der Waals surface area contributed by atoms with Crippen molar-refractivity contribution in [1.82, 2.24) is 25.0 Å². The van der Waals surface area contributed by atoms with Crippen molar-refractivity contribution in [3.8, 4) is 0 Å². The van der Waals surface area contributed by atoms with Gasteiger partial charge in [-0.2, -0.15) is 16.4 Å². The molecule has 1 amide bonds. The number of thiophene rings is 1. The Morgan fingerprint density at radius 3 is 3.22 bits per heavy atom. The molecule has 1 fully saturated rings. The zero-order valence-electron chi connectivity index (χ0n) is 13.2. The third-order valence-electron chi connectivity index (χ3n) is 4.20. The summed E-state index contributed by atoms with van der Waals surface area (Å²) in [6, 6.07) is 2.11. The summed E-state index contributed by atoms with van der Waals surface area (Å²) in [6.45, 7) is 4.06. The van der Waals surface area contributed by atoms with Gasteiger partial charge in [-0.1, -0.05) is 0 Å². The van der Waals surface area contributed by atoms with E-state index < -0.39 is 0 Å². The Labute approximate surface area is 140 Å². The number of nitrogens with one attached hydrogen (secondary N) is 1. The van der Waals surface area contributed by atoms with E-state index in [0.717, 1.165) is 32.5 Å². The average molecular weight is 333 g/mol. The zero-order chi connectivity index (χ0) is 15.9. The van der Waals surface area contributed by atoms with E-state index in [1.165, 1.54) is 12.0 Å². The highest BCUT2D eigenvalue weighted by molar-refractivity contribution is 7.07. The molecule has 1 unspecified atom stereocenters. The number of carbonyl (C=O) groups is 1. The topological polar surface area (TPSA) is 63.1 Å². The predicted molar refractivity (Wildman–Crippen MR) is 90.2 cm³/mol. The Kier molecular flexibility index (Phi) is 5.76. The summed E-state index contributed by atoms with van der Waals surface area (Å²) >= 11 is 1.70. The van der Waals surface area contributed by atoms with E-state index in [2.05, 4.69) is 37.1 Å². The van der Waals surface area contributed by atoms with Crippen LogP contribution in [0, 0.1) is 5.92 Å². The van der Waals surface area contributed by atoms with Gasteiger partial charge < -0.3 is 5.32 Å². The van der Waals surface area contributed by atoms with Crippen LogP contribution in [0.5, 0.6) is 0 Å². The minimum absolute atomic E-state index is 0.127. The molecule has 124 valence electrons. The second-order valence-electron chi connectivity index (χ2n) is 6.09. The number of hydrogen-bond donors (Lipinski definition) is 1. The van der Waals surface area contributed by atoms with Crippen molar-refractivity contribution in [2.45, 2.75) is 25.8 Å². The SMILES string of the molecule is O=C(CN1CCCC(Cn2cncn2)C1)NCCc1ccsc1. The van der Waals surface area contributed by atoms with Crippen LogP contribution < -0.4 is 5.32 Å². The lowest BCUT2D eigenvalue weighted by Gasteiger charge is -2.32. The van der Waals surface area contributed by atoms with Crippen LogP contribution in [0.4, 0.5) is 0 Å². The van der Waals surface area contributed by atoms with Crippen LogP contribution in [0.2, 0.25) is 0 Å². The first kappa shape index (κ1) is 16.1. The van der Waals surface area contributed by atoms with Crippen molar-refractivity contribution in [1.29, 1.82) is 0 Å². The first-order valence-electron chi connectivity index (χ1n) is 8.12. The summed E-state index contributed by atoms with van der Waals surface area (Å²) in [4.78, 5) is 18.3. The number of likely N-dealkylation sites (tertiary alicyclic amines) is 1. The van der Waals surface area contributed by atoms with Crippen molar-refractivity contribution in [3.63, 3.8) is 0 Å². The molecule has 2 aromatic heterocycles. The molecule has 1 atom stereocenters. The fraction of sp³-hybridized carbons (Fsp3) is 0.562. The standard InChI is InChI=1S/C16H23N5OS/c22-16(18-5-3-14-4-7-23-11-14)10-20-6-1-2-15(8-20)9-21-13-17-12-19-21/h4,7,11-13,15H,1-3,5-6,8-10H2,(H,18,22). The number of rotatable bonds is 7. The van der Waals surface area contributed by atoms with E-state index in [4.69, 9.17) is 0 Å². The highest BCUT2D eigenvalue weighted by atomic mass is 32.1. The fourth-order valence-corrected chi connectivity index (χ4v) is 3.78. The van der Waals surface area contributed by atoms with Crippen LogP contribution in [0.1, 0.15) is 18.4 Å². The molecular weight excluding hydrogens is 310 g/mol. The normalized spacial score (nSPS) is 18.9. The Morgan fingerprint density at radius 1 is 1.48 bits per heavy atom. The number of aromatic nitrogens is 3. The van der Waals surface area contributed by atoms with Gasteiger partial charge in [0.15, 0.2) is 0 Å². The van der Waals surface area contributed by atoms with Crippen molar-refractivity contribution in [2.24, 2.45) is 5.92 Å². The van der Waals surface area contributed by atoms with E-state index in [1.54, 1.807) is 24.0 Å². The van der Waals surface area contributed by atoms with E-state index in [-0.39, 0.29) is 5.91 Å². The van der Waals surface area contributed by atoms with Gasteiger partial charge in [-0.05, 0) is 54.1 Å². The lowest BCUT2D eigenvalue weighted by molar-refractivity contribution is -0.122. The van der Waals surface area contributed by atoms with Gasteiger partial charge in [0.2, 0.25) is 5.91 Å². The van der Waals surface area contributed by atoms with Crippen molar-refractivity contribution in [3.05, 3.63) is 35.0 Å². The zero-order valence-corrected chi connectivity index (χ0v) is 14.0. The molecule has 0 aromatic carbocycles. The third-order valence-corrected chi connectivity index (χ3v) is 4.93. The lowest BCUT2D eigenvalue weighted by atomic mass is 9.98. The molecular formula is C16H23N5OS. The highest BCUT2D eigenvalue weighted by Gasteiger charge is 2.22. The minimum atomic E-state index is 0.127. The molecule has 3 heterocycles. The van der Waals surface area contributed by atoms with Crippen LogP contribution in [0.25, 0.3) is 0 Å². The molecule has 23 heavy (non-hydrogen) atoms. The summed E-state index contributed by atoms with van der Waals surface area (Å²) < 4.78 is 1.88. The number of nitrogens with zero attached hydrogens (tertiary/aromatic N) is 4. The maximum Gasteiger partial charge on any atom is 0.234 e. The Bertz CT molecular complexity index is 584. The molecule has 1 aliphatic rings. The van der Waals surface area contributed by atoms with Gasteiger partial charge >= 0.3 is 0 Å². The largest absolute Gasteiger partial charge is 0.355 e. The lowest BCUT2D eigenvalue weighted by Crippen LogP contribution is -2.43. The first-order chi connectivity index (χ1) is 11.3. The Balaban J connectivity index is 1.37. The number of piperidine rings is 1.